The SMILES string of the molecule is CC(C)NC(=O)c1ccn(-c2ccc(NCC(O)CCl)cc2)n1. The second-order valence-electron chi connectivity index (χ2n) is 5.51. The van der Waals surface area contributed by atoms with Crippen LogP contribution in [0.4, 0.5) is 5.69 Å². The highest BCUT2D eigenvalue weighted by atomic mass is 35.5. The first-order chi connectivity index (χ1) is 11.0. The van der Waals surface area contributed by atoms with E-state index in [1.807, 2.05) is 38.1 Å². The largest absolute Gasteiger partial charge is 0.390 e. The van der Waals surface area contributed by atoms with Crippen LogP contribution < -0.4 is 10.6 Å². The molecule has 0 aliphatic carbocycles. The number of aliphatic hydroxyl groups excluding tert-OH is 1. The van der Waals surface area contributed by atoms with Crippen molar-refractivity contribution < 1.29 is 9.90 Å². The van der Waals surface area contributed by atoms with Gasteiger partial charge in [0.05, 0.1) is 17.7 Å². The highest BCUT2D eigenvalue weighted by Gasteiger charge is 2.11. The Hall–Kier alpha value is -2.05. The summed E-state index contributed by atoms with van der Waals surface area (Å²) in [5, 5.41) is 19.6. The van der Waals surface area contributed by atoms with Crippen molar-refractivity contribution in [1.29, 1.82) is 0 Å². The highest BCUT2D eigenvalue weighted by molar-refractivity contribution is 6.18. The van der Waals surface area contributed by atoms with Crippen molar-refractivity contribution >= 4 is 23.2 Å². The Balaban J connectivity index is 2.02. The van der Waals surface area contributed by atoms with Crippen LogP contribution in [0.1, 0.15) is 24.3 Å². The van der Waals surface area contributed by atoms with E-state index in [9.17, 15) is 9.90 Å². The second-order valence-corrected chi connectivity index (χ2v) is 5.82. The standard InChI is InChI=1S/C16H21ClN4O2/c1-11(2)19-16(23)15-7-8-21(20-15)13-5-3-12(4-6-13)18-10-14(22)9-17/h3-8,11,14,18,22H,9-10H2,1-2H3,(H,19,23). The van der Waals surface area contributed by atoms with Gasteiger partial charge in [0.2, 0.25) is 0 Å². The summed E-state index contributed by atoms with van der Waals surface area (Å²) in [6.45, 7) is 4.20. The molecular weight excluding hydrogens is 316 g/mol. The molecule has 2 aromatic rings. The van der Waals surface area contributed by atoms with Crippen LogP contribution in [-0.2, 0) is 0 Å². The minimum atomic E-state index is -0.579. The number of anilines is 1. The third kappa shape index (κ3) is 4.97. The minimum Gasteiger partial charge on any atom is -0.390 e. The minimum absolute atomic E-state index is 0.0707. The van der Waals surface area contributed by atoms with Gasteiger partial charge in [0, 0.05) is 24.5 Å². The maximum absolute atomic E-state index is 11.9. The van der Waals surface area contributed by atoms with Crippen LogP contribution in [0.5, 0.6) is 0 Å². The Morgan fingerprint density at radius 2 is 2.00 bits per heavy atom. The molecule has 124 valence electrons. The van der Waals surface area contributed by atoms with Crippen LogP contribution in [-0.4, -0.2) is 45.4 Å². The molecule has 6 nitrogen and oxygen atoms in total. The number of aliphatic hydroxyl groups is 1. The molecule has 1 heterocycles. The first-order valence-corrected chi connectivity index (χ1v) is 7.98. The highest BCUT2D eigenvalue weighted by Crippen LogP contribution is 2.13. The first-order valence-electron chi connectivity index (χ1n) is 7.44. The molecule has 1 amide bonds. The van der Waals surface area contributed by atoms with Gasteiger partial charge in [-0.1, -0.05) is 0 Å². The number of hydrogen-bond acceptors (Lipinski definition) is 4. The molecule has 0 saturated carbocycles. The topological polar surface area (TPSA) is 79.2 Å². The Morgan fingerprint density at radius 3 is 2.61 bits per heavy atom. The molecule has 0 fully saturated rings. The van der Waals surface area contributed by atoms with Crippen LogP contribution in [0.15, 0.2) is 36.5 Å². The third-order valence-electron chi connectivity index (χ3n) is 3.09. The smallest absolute Gasteiger partial charge is 0.271 e. The summed E-state index contributed by atoms with van der Waals surface area (Å²) >= 11 is 5.55. The van der Waals surface area contributed by atoms with E-state index in [-0.39, 0.29) is 17.8 Å². The number of halogens is 1. The van der Waals surface area contributed by atoms with Crippen LogP contribution in [0, 0.1) is 0 Å². The van der Waals surface area contributed by atoms with Gasteiger partial charge in [0.15, 0.2) is 5.69 Å². The van der Waals surface area contributed by atoms with Crippen LogP contribution in [0.3, 0.4) is 0 Å². The molecule has 0 aliphatic rings. The summed E-state index contributed by atoms with van der Waals surface area (Å²) in [4.78, 5) is 11.9. The van der Waals surface area contributed by atoms with Crippen molar-refractivity contribution in [3.8, 4) is 5.69 Å². The van der Waals surface area contributed by atoms with E-state index in [1.165, 1.54) is 0 Å². The van der Waals surface area contributed by atoms with Gasteiger partial charge in [0.1, 0.15) is 0 Å². The van der Waals surface area contributed by atoms with Gasteiger partial charge >= 0.3 is 0 Å². The van der Waals surface area contributed by atoms with Crippen LogP contribution >= 0.6 is 11.6 Å². The zero-order chi connectivity index (χ0) is 16.8. The van der Waals surface area contributed by atoms with E-state index >= 15 is 0 Å². The number of carbonyl (C=O) groups is 1. The molecule has 0 saturated heterocycles. The number of amides is 1. The lowest BCUT2D eigenvalue weighted by atomic mass is 10.2. The van der Waals surface area contributed by atoms with Crippen molar-refractivity contribution in [3.05, 3.63) is 42.2 Å². The zero-order valence-electron chi connectivity index (χ0n) is 13.2. The Morgan fingerprint density at radius 1 is 1.30 bits per heavy atom. The molecule has 3 N–H and O–H groups in total. The number of carbonyl (C=O) groups excluding carboxylic acids is 1. The van der Waals surface area contributed by atoms with Crippen LogP contribution in [0.2, 0.25) is 0 Å². The molecule has 2 rings (SSSR count). The number of benzene rings is 1. The van der Waals surface area contributed by atoms with E-state index in [0.29, 0.717) is 12.2 Å². The van der Waals surface area contributed by atoms with E-state index in [0.717, 1.165) is 11.4 Å². The quantitative estimate of drug-likeness (QED) is 0.676. The predicted molar refractivity (Wildman–Crippen MR) is 91.4 cm³/mol. The average molecular weight is 337 g/mol. The van der Waals surface area contributed by atoms with Gasteiger partial charge in [-0.25, -0.2) is 4.68 Å². The fourth-order valence-corrected chi connectivity index (χ4v) is 2.06. The molecule has 7 heteroatoms. The van der Waals surface area contributed by atoms with Gasteiger partial charge in [-0.05, 0) is 44.2 Å². The van der Waals surface area contributed by atoms with Gasteiger partial charge in [0.25, 0.3) is 5.91 Å². The number of alkyl halides is 1. The maximum Gasteiger partial charge on any atom is 0.271 e. The molecule has 0 spiro atoms. The van der Waals surface area contributed by atoms with Gasteiger partial charge in [-0.2, -0.15) is 5.10 Å². The second kappa shape index (κ2) is 7.99. The summed E-state index contributed by atoms with van der Waals surface area (Å²) in [6, 6.07) is 9.28. The van der Waals surface area contributed by atoms with Gasteiger partial charge < -0.3 is 15.7 Å². The fraction of sp³-hybridized carbons (Fsp3) is 0.375. The summed E-state index contributed by atoms with van der Waals surface area (Å²) in [6.07, 6.45) is 1.17. The van der Waals surface area contributed by atoms with E-state index in [2.05, 4.69) is 15.7 Å². The van der Waals surface area contributed by atoms with Crippen LogP contribution in [0.25, 0.3) is 5.69 Å². The van der Waals surface area contributed by atoms with Crippen molar-refractivity contribution in [2.75, 3.05) is 17.7 Å². The lowest BCUT2D eigenvalue weighted by molar-refractivity contribution is 0.0937. The third-order valence-corrected chi connectivity index (χ3v) is 3.45. The number of aromatic nitrogens is 2. The monoisotopic (exact) mass is 336 g/mol. The van der Waals surface area contributed by atoms with Gasteiger partial charge in [-0.3, -0.25) is 4.79 Å². The summed E-state index contributed by atoms with van der Waals surface area (Å²) < 4.78 is 1.65. The summed E-state index contributed by atoms with van der Waals surface area (Å²) in [5.74, 6) is 0.00617. The molecule has 1 unspecified atom stereocenters. The molecule has 0 aliphatic heterocycles. The zero-order valence-corrected chi connectivity index (χ0v) is 13.9. The Bertz CT molecular complexity index is 640. The fourth-order valence-electron chi connectivity index (χ4n) is 1.95. The van der Waals surface area contributed by atoms with Crippen molar-refractivity contribution in [1.82, 2.24) is 15.1 Å². The number of rotatable bonds is 7. The Kier molecular flexibility index (Phi) is 6.01. The summed E-state index contributed by atoms with van der Waals surface area (Å²) in [7, 11) is 0. The summed E-state index contributed by atoms with van der Waals surface area (Å²) in [5.41, 5.74) is 2.10. The molecule has 1 aromatic carbocycles. The lowest BCUT2D eigenvalue weighted by Gasteiger charge is -2.10. The maximum atomic E-state index is 11.9. The molecule has 1 atom stereocenters. The molecule has 23 heavy (non-hydrogen) atoms. The average Bonchev–Trinajstić information content (AvgIpc) is 3.02. The number of nitrogens with zero attached hydrogens (tertiary/aromatic N) is 2. The Labute approximate surface area is 140 Å². The van der Waals surface area contributed by atoms with Crippen molar-refractivity contribution in [2.24, 2.45) is 0 Å². The number of hydrogen-bond donors (Lipinski definition) is 3. The number of nitrogens with one attached hydrogen (secondary N) is 2. The van der Waals surface area contributed by atoms with E-state index in [1.54, 1.807) is 16.9 Å². The van der Waals surface area contributed by atoms with Gasteiger partial charge in [-0.15, -0.1) is 11.6 Å². The first kappa shape index (κ1) is 17.3. The van der Waals surface area contributed by atoms with E-state index in [4.69, 9.17) is 11.6 Å². The molecular formula is C16H21ClN4O2. The lowest BCUT2D eigenvalue weighted by Crippen LogP contribution is -2.30. The predicted octanol–water partition coefficient (Wildman–Crippen LogP) is 2.02. The normalized spacial score (nSPS) is 12.2. The van der Waals surface area contributed by atoms with E-state index < -0.39 is 6.10 Å². The molecule has 0 bridgehead atoms. The molecule has 0 radical (unpaired) electrons. The van der Waals surface area contributed by atoms with Crippen molar-refractivity contribution in [3.63, 3.8) is 0 Å². The van der Waals surface area contributed by atoms with Crippen molar-refractivity contribution in [2.45, 2.75) is 26.0 Å². The molecule has 1 aromatic heterocycles.